The molecule has 5 nitrogen and oxygen atoms in total. The van der Waals surface area contributed by atoms with Crippen molar-refractivity contribution in [2.24, 2.45) is 5.92 Å². The van der Waals surface area contributed by atoms with E-state index in [9.17, 15) is 4.79 Å². The van der Waals surface area contributed by atoms with Gasteiger partial charge >= 0.3 is 0 Å². The number of aromatic nitrogens is 1. The summed E-state index contributed by atoms with van der Waals surface area (Å²) in [5, 5.41) is 16.6. The van der Waals surface area contributed by atoms with Crippen LogP contribution in [0.4, 0.5) is 5.69 Å². The summed E-state index contributed by atoms with van der Waals surface area (Å²) in [6.07, 6.45) is 4.21. The Labute approximate surface area is 140 Å². The Morgan fingerprint density at radius 3 is 2.74 bits per heavy atom. The van der Waals surface area contributed by atoms with Crippen molar-refractivity contribution >= 4 is 22.9 Å². The van der Waals surface area contributed by atoms with Crippen molar-refractivity contribution in [1.29, 1.82) is 5.26 Å². The van der Waals surface area contributed by atoms with Gasteiger partial charge in [-0.15, -0.1) is 11.3 Å². The number of rotatable bonds is 7. The van der Waals surface area contributed by atoms with Gasteiger partial charge in [-0.3, -0.25) is 9.78 Å². The lowest BCUT2D eigenvalue weighted by Crippen LogP contribution is -2.40. The molecule has 0 aliphatic rings. The van der Waals surface area contributed by atoms with Gasteiger partial charge in [0.15, 0.2) is 0 Å². The van der Waals surface area contributed by atoms with Crippen molar-refractivity contribution in [1.82, 2.24) is 10.3 Å². The van der Waals surface area contributed by atoms with Gasteiger partial charge in [0.2, 0.25) is 5.91 Å². The highest BCUT2D eigenvalue weighted by molar-refractivity contribution is 7.14. The smallest absolute Gasteiger partial charge is 0.243 e. The normalized spacial score (nSPS) is 11.7. The summed E-state index contributed by atoms with van der Waals surface area (Å²) in [6, 6.07) is 7.45. The zero-order valence-corrected chi connectivity index (χ0v) is 14.1. The first kappa shape index (κ1) is 17.0. The molecule has 0 radical (unpaired) electrons. The van der Waals surface area contributed by atoms with Crippen LogP contribution in [0, 0.1) is 17.2 Å². The zero-order valence-electron chi connectivity index (χ0n) is 13.2. The summed E-state index contributed by atoms with van der Waals surface area (Å²) in [6.45, 7) is 4.17. The van der Waals surface area contributed by atoms with Crippen LogP contribution in [0.25, 0.3) is 10.4 Å². The van der Waals surface area contributed by atoms with E-state index in [1.165, 1.54) is 0 Å². The summed E-state index contributed by atoms with van der Waals surface area (Å²) in [5.41, 5.74) is 2.00. The van der Waals surface area contributed by atoms with E-state index in [4.69, 9.17) is 5.26 Å². The number of thiophene rings is 1. The molecule has 0 saturated heterocycles. The van der Waals surface area contributed by atoms with Crippen LogP contribution >= 0.6 is 11.3 Å². The van der Waals surface area contributed by atoms with Gasteiger partial charge in [0.25, 0.3) is 0 Å². The molecule has 0 bridgehead atoms. The highest BCUT2D eigenvalue weighted by Gasteiger charge is 2.21. The maximum atomic E-state index is 12.3. The Bertz CT molecular complexity index is 675. The molecule has 120 valence electrons. The van der Waals surface area contributed by atoms with Gasteiger partial charge in [-0.2, -0.15) is 5.26 Å². The van der Waals surface area contributed by atoms with Gasteiger partial charge in [0.1, 0.15) is 12.6 Å². The number of carbonyl (C=O) groups excluding carboxylic acids is 1. The number of hydrogen-bond acceptors (Lipinski definition) is 5. The number of amides is 1. The average Bonchev–Trinajstić information content (AvgIpc) is 3.00. The van der Waals surface area contributed by atoms with Crippen molar-refractivity contribution in [3.8, 4) is 16.5 Å². The Balaban J connectivity index is 2.19. The van der Waals surface area contributed by atoms with Crippen molar-refractivity contribution in [2.45, 2.75) is 26.3 Å². The van der Waals surface area contributed by atoms with Crippen molar-refractivity contribution in [3.63, 3.8) is 0 Å². The molecule has 2 rings (SSSR count). The van der Waals surface area contributed by atoms with Crippen molar-refractivity contribution in [2.75, 3.05) is 11.9 Å². The molecular formula is C17H20N4OS. The van der Waals surface area contributed by atoms with Crippen LogP contribution < -0.4 is 10.6 Å². The fourth-order valence-electron chi connectivity index (χ4n) is 2.29. The maximum absolute atomic E-state index is 12.3. The van der Waals surface area contributed by atoms with E-state index >= 15 is 0 Å². The zero-order chi connectivity index (χ0) is 16.7. The number of hydrogen-bond donors (Lipinski definition) is 2. The summed E-state index contributed by atoms with van der Waals surface area (Å²) in [7, 11) is 0. The third kappa shape index (κ3) is 4.80. The fraction of sp³-hybridized carbons (Fsp3) is 0.353. The number of pyridine rings is 1. The molecule has 2 N–H and O–H groups in total. The van der Waals surface area contributed by atoms with Gasteiger partial charge < -0.3 is 10.6 Å². The first-order valence-electron chi connectivity index (χ1n) is 7.51. The van der Waals surface area contributed by atoms with Gasteiger partial charge in [-0.25, -0.2) is 0 Å². The Morgan fingerprint density at radius 1 is 1.35 bits per heavy atom. The minimum atomic E-state index is -0.362. The summed E-state index contributed by atoms with van der Waals surface area (Å²) >= 11 is 1.62. The largest absolute Gasteiger partial charge is 0.372 e. The van der Waals surface area contributed by atoms with Crippen LogP contribution in [0.3, 0.4) is 0 Å². The third-order valence-corrected chi connectivity index (χ3v) is 4.27. The molecule has 0 unspecified atom stereocenters. The minimum Gasteiger partial charge on any atom is -0.372 e. The van der Waals surface area contributed by atoms with Crippen LogP contribution in [0.1, 0.15) is 20.3 Å². The first-order chi connectivity index (χ1) is 11.1. The molecule has 0 aliphatic carbocycles. The summed E-state index contributed by atoms with van der Waals surface area (Å²) in [5.74, 6) is 0.218. The molecule has 0 aromatic carbocycles. The maximum Gasteiger partial charge on any atom is 0.243 e. The Morgan fingerprint density at radius 2 is 2.09 bits per heavy atom. The molecule has 0 fully saturated rings. The molecule has 2 heterocycles. The number of nitrogens with one attached hydrogen (secondary N) is 2. The van der Waals surface area contributed by atoms with E-state index < -0.39 is 0 Å². The number of nitriles is 1. The SMILES string of the molecule is CC(C)C[C@H](Nc1ccsc1-c1ccncc1)C(=O)NCC#N. The lowest BCUT2D eigenvalue weighted by Gasteiger charge is -2.21. The van der Waals surface area contributed by atoms with E-state index in [-0.39, 0.29) is 18.5 Å². The molecular weight excluding hydrogens is 308 g/mol. The van der Waals surface area contributed by atoms with Gasteiger partial charge in [0, 0.05) is 12.4 Å². The molecule has 0 aliphatic heterocycles. The van der Waals surface area contributed by atoms with Crippen LogP contribution in [0.5, 0.6) is 0 Å². The van der Waals surface area contributed by atoms with E-state index in [2.05, 4.69) is 29.5 Å². The molecule has 2 aromatic heterocycles. The lowest BCUT2D eigenvalue weighted by molar-refractivity contribution is -0.121. The predicted octanol–water partition coefficient (Wildman–Crippen LogP) is 3.28. The van der Waals surface area contributed by atoms with E-state index in [1.807, 2.05) is 29.6 Å². The van der Waals surface area contributed by atoms with E-state index in [0.717, 1.165) is 16.1 Å². The van der Waals surface area contributed by atoms with Gasteiger partial charge in [-0.1, -0.05) is 13.8 Å². The van der Waals surface area contributed by atoms with Crippen LogP contribution in [-0.2, 0) is 4.79 Å². The Hall–Kier alpha value is -2.39. The molecule has 2 aromatic rings. The first-order valence-corrected chi connectivity index (χ1v) is 8.39. The van der Waals surface area contributed by atoms with Crippen molar-refractivity contribution < 1.29 is 4.79 Å². The highest BCUT2D eigenvalue weighted by Crippen LogP contribution is 2.34. The topological polar surface area (TPSA) is 77.8 Å². The average molecular weight is 328 g/mol. The molecule has 0 spiro atoms. The number of nitrogens with zero attached hydrogens (tertiary/aromatic N) is 2. The fourth-order valence-corrected chi connectivity index (χ4v) is 3.16. The lowest BCUT2D eigenvalue weighted by atomic mass is 10.0. The molecule has 0 saturated carbocycles. The monoisotopic (exact) mass is 328 g/mol. The number of carbonyl (C=O) groups is 1. The second-order valence-corrected chi connectivity index (χ2v) is 6.52. The molecule has 1 amide bonds. The second kappa shape index (κ2) is 8.30. The highest BCUT2D eigenvalue weighted by atomic mass is 32.1. The van der Waals surface area contributed by atoms with Crippen LogP contribution in [-0.4, -0.2) is 23.5 Å². The van der Waals surface area contributed by atoms with Crippen LogP contribution in [0.2, 0.25) is 0 Å². The third-order valence-electron chi connectivity index (χ3n) is 3.30. The predicted molar refractivity (Wildman–Crippen MR) is 93.0 cm³/mol. The number of anilines is 1. The molecule has 6 heteroatoms. The molecule has 23 heavy (non-hydrogen) atoms. The van der Waals surface area contributed by atoms with Crippen LogP contribution in [0.15, 0.2) is 36.0 Å². The Kier molecular flexibility index (Phi) is 6.12. The summed E-state index contributed by atoms with van der Waals surface area (Å²) < 4.78 is 0. The minimum absolute atomic E-state index is 0.0238. The quantitative estimate of drug-likeness (QED) is 0.765. The second-order valence-electron chi connectivity index (χ2n) is 5.60. The molecule has 1 atom stereocenters. The van der Waals surface area contributed by atoms with Gasteiger partial charge in [-0.05, 0) is 41.5 Å². The standard InChI is InChI=1S/C17H20N4OS/c1-12(2)11-15(17(22)20-9-6-18)21-14-5-10-23-16(14)13-3-7-19-8-4-13/h3-5,7-8,10,12,15,21H,9,11H2,1-2H3,(H,20,22)/t15-/m0/s1. The summed E-state index contributed by atoms with van der Waals surface area (Å²) in [4.78, 5) is 17.4. The van der Waals surface area contributed by atoms with Gasteiger partial charge in [0.05, 0.1) is 16.6 Å². The van der Waals surface area contributed by atoms with E-state index in [1.54, 1.807) is 23.7 Å². The van der Waals surface area contributed by atoms with E-state index in [0.29, 0.717) is 12.3 Å². The van der Waals surface area contributed by atoms with Crippen molar-refractivity contribution in [3.05, 3.63) is 36.0 Å².